The molecule has 0 spiro atoms. The maximum atomic E-state index is 13.7. The van der Waals surface area contributed by atoms with Crippen molar-refractivity contribution in [3.63, 3.8) is 0 Å². The molecule has 0 bridgehead atoms. The van der Waals surface area contributed by atoms with Crippen LogP contribution in [0.1, 0.15) is 19.3 Å². The number of benzene rings is 1. The van der Waals surface area contributed by atoms with E-state index in [9.17, 15) is 14.0 Å². The Morgan fingerprint density at radius 1 is 1.19 bits per heavy atom. The maximum Gasteiger partial charge on any atom is 0.233 e. The molecule has 1 heterocycles. The first-order valence-electron chi connectivity index (χ1n) is 4.91. The second kappa shape index (κ2) is 4.33. The van der Waals surface area contributed by atoms with Gasteiger partial charge in [-0.2, -0.15) is 0 Å². The highest BCUT2D eigenvalue weighted by Gasteiger charge is 2.29. The predicted molar refractivity (Wildman–Crippen MR) is 60.4 cm³/mol. The molecule has 0 unspecified atom stereocenters. The molecule has 1 saturated heterocycles. The molecule has 1 fully saturated rings. The van der Waals surface area contributed by atoms with E-state index < -0.39 is 5.82 Å². The van der Waals surface area contributed by atoms with Gasteiger partial charge in [-0.15, -0.1) is 0 Å². The Hall–Kier alpha value is -1.23. The van der Waals surface area contributed by atoms with Gasteiger partial charge in [-0.1, -0.05) is 6.07 Å². The first-order valence-corrected chi connectivity index (χ1v) is 5.70. The van der Waals surface area contributed by atoms with Crippen LogP contribution in [0, 0.1) is 5.82 Å². The van der Waals surface area contributed by atoms with Crippen molar-refractivity contribution < 1.29 is 14.0 Å². The van der Waals surface area contributed by atoms with E-state index in [1.165, 1.54) is 12.1 Å². The van der Waals surface area contributed by atoms with Crippen LogP contribution < -0.4 is 4.90 Å². The SMILES string of the molecule is O=C1CCCC(=O)N1c1cccc(Br)c1F. The van der Waals surface area contributed by atoms with E-state index in [-0.39, 0.29) is 34.8 Å². The maximum absolute atomic E-state index is 13.7. The highest BCUT2D eigenvalue weighted by molar-refractivity contribution is 9.10. The number of piperidine rings is 1. The monoisotopic (exact) mass is 285 g/mol. The molecule has 0 atom stereocenters. The van der Waals surface area contributed by atoms with E-state index in [2.05, 4.69) is 15.9 Å². The smallest absolute Gasteiger partial charge is 0.233 e. The van der Waals surface area contributed by atoms with Crippen molar-refractivity contribution >= 4 is 33.4 Å². The first kappa shape index (κ1) is 11.3. The summed E-state index contributed by atoms with van der Waals surface area (Å²) < 4.78 is 14.0. The number of anilines is 1. The third-order valence-corrected chi connectivity index (χ3v) is 3.06. The number of carbonyl (C=O) groups excluding carboxylic acids is 2. The van der Waals surface area contributed by atoms with Crippen LogP contribution in [-0.2, 0) is 9.59 Å². The molecule has 2 rings (SSSR count). The second-order valence-electron chi connectivity index (χ2n) is 3.55. The zero-order chi connectivity index (χ0) is 11.7. The molecule has 0 saturated carbocycles. The van der Waals surface area contributed by atoms with Gasteiger partial charge in [0.15, 0.2) is 5.82 Å². The Bertz CT molecular complexity index is 445. The highest BCUT2D eigenvalue weighted by atomic mass is 79.9. The highest BCUT2D eigenvalue weighted by Crippen LogP contribution is 2.29. The average molecular weight is 286 g/mol. The Balaban J connectivity index is 2.46. The molecule has 3 nitrogen and oxygen atoms in total. The number of hydrogen-bond acceptors (Lipinski definition) is 2. The lowest BCUT2D eigenvalue weighted by atomic mass is 10.1. The van der Waals surface area contributed by atoms with Crippen LogP contribution in [0.3, 0.4) is 0 Å². The van der Waals surface area contributed by atoms with Gasteiger partial charge in [0.1, 0.15) is 0 Å². The molecule has 1 aliphatic rings. The number of amides is 2. The topological polar surface area (TPSA) is 37.4 Å². The van der Waals surface area contributed by atoms with E-state index in [1.54, 1.807) is 6.07 Å². The van der Waals surface area contributed by atoms with Gasteiger partial charge in [-0.25, -0.2) is 9.29 Å². The van der Waals surface area contributed by atoms with Gasteiger partial charge in [0.25, 0.3) is 0 Å². The summed E-state index contributed by atoms with van der Waals surface area (Å²) in [6.45, 7) is 0. The molecular formula is C11H9BrFNO2. The van der Waals surface area contributed by atoms with Crippen LogP contribution >= 0.6 is 15.9 Å². The lowest BCUT2D eigenvalue weighted by molar-refractivity contribution is -0.129. The summed E-state index contributed by atoms with van der Waals surface area (Å²) in [6.07, 6.45) is 1.12. The number of carbonyl (C=O) groups is 2. The third kappa shape index (κ3) is 1.87. The fourth-order valence-electron chi connectivity index (χ4n) is 1.69. The van der Waals surface area contributed by atoms with Gasteiger partial charge in [-0.3, -0.25) is 9.59 Å². The largest absolute Gasteiger partial charge is 0.274 e. The predicted octanol–water partition coefficient (Wildman–Crippen LogP) is 2.63. The van der Waals surface area contributed by atoms with Crippen molar-refractivity contribution in [3.8, 4) is 0 Å². The second-order valence-corrected chi connectivity index (χ2v) is 4.40. The Morgan fingerprint density at radius 2 is 1.81 bits per heavy atom. The van der Waals surface area contributed by atoms with Gasteiger partial charge in [0.05, 0.1) is 10.2 Å². The van der Waals surface area contributed by atoms with E-state index >= 15 is 0 Å². The van der Waals surface area contributed by atoms with Crippen LogP contribution in [0.4, 0.5) is 10.1 Å². The molecule has 5 heteroatoms. The van der Waals surface area contributed by atoms with Crippen LogP contribution in [0.15, 0.2) is 22.7 Å². The normalized spacial score (nSPS) is 16.8. The fraction of sp³-hybridized carbons (Fsp3) is 0.273. The first-order chi connectivity index (χ1) is 7.61. The molecule has 0 aliphatic carbocycles. The molecule has 2 amide bonds. The molecule has 84 valence electrons. The van der Waals surface area contributed by atoms with Crippen molar-refractivity contribution in [2.75, 3.05) is 4.90 Å². The molecule has 1 aromatic rings. The molecule has 1 aliphatic heterocycles. The Morgan fingerprint density at radius 3 is 2.44 bits per heavy atom. The van der Waals surface area contributed by atoms with Gasteiger partial charge < -0.3 is 0 Å². The minimum absolute atomic E-state index is 0.0316. The summed E-state index contributed by atoms with van der Waals surface area (Å²) >= 11 is 3.03. The van der Waals surface area contributed by atoms with Gasteiger partial charge in [-0.05, 0) is 34.5 Å². The minimum atomic E-state index is -0.578. The van der Waals surface area contributed by atoms with Gasteiger partial charge >= 0.3 is 0 Å². The number of imide groups is 1. The molecule has 1 aromatic carbocycles. The van der Waals surface area contributed by atoms with Gasteiger partial charge in [0.2, 0.25) is 11.8 Å². The summed E-state index contributed by atoms with van der Waals surface area (Å²) in [7, 11) is 0. The van der Waals surface area contributed by atoms with E-state index in [4.69, 9.17) is 0 Å². The summed E-state index contributed by atoms with van der Waals surface area (Å²) in [6, 6.07) is 4.55. The minimum Gasteiger partial charge on any atom is -0.274 e. The number of halogens is 2. The summed E-state index contributed by atoms with van der Waals surface area (Å²) in [5, 5.41) is 0. The van der Waals surface area contributed by atoms with Crippen LogP contribution in [-0.4, -0.2) is 11.8 Å². The Labute approximate surface area is 100 Å². The van der Waals surface area contributed by atoms with Crippen LogP contribution in [0.25, 0.3) is 0 Å². The average Bonchev–Trinajstić information content (AvgIpc) is 2.24. The van der Waals surface area contributed by atoms with Crippen molar-refractivity contribution in [1.29, 1.82) is 0 Å². The standard InChI is InChI=1S/C11H9BrFNO2/c12-7-3-1-4-8(11(7)13)14-9(15)5-2-6-10(14)16/h1,3-4H,2,5-6H2. The molecule has 0 N–H and O–H groups in total. The van der Waals surface area contributed by atoms with Crippen LogP contribution in [0.5, 0.6) is 0 Å². The van der Waals surface area contributed by atoms with E-state index in [1.807, 2.05) is 0 Å². The van der Waals surface area contributed by atoms with E-state index in [0.717, 1.165) is 4.90 Å². The van der Waals surface area contributed by atoms with Crippen molar-refractivity contribution in [2.45, 2.75) is 19.3 Å². The lowest BCUT2D eigenvalue weighted by Gasteiger charge is -2.25. The van der Waals surface area contributed by atoms with Gasteiger partial charge in [0, 0.05) is 12.8 Å². The lowest BCUT2D eigenvalue weighted by Crippen LogP contribution is -2.40. The third-order valence-electron chi connectivity index (χ3n) is 2.45. The zero-order valence-corrected chi connectivity index (χ0v) is 9.96. The zero-order valence-electron chi connectivity index (χ0n) is 8.37. The fourth-order valence-corrected chi connectivity index (χ4v) is 2.04. The van der Waals surface area contributed by atoms with Crippen molar-refractivity contribution in [3.05, 3.63) is 28.5 Å². The van der Waals surface area contributed by atoms with Crippen LogP contribution in [0.2, 0.25) is 0 Å². The number of nitrogens with zero attached hydrogens (tertiary/aromatic N) is 1. The molecule has 0 radical (unpaired) electrons. The summed E-state index contributed by atoms with van der Waals surface area (Å²) in [5.41, 5.74) is 0.0316. The van der Waals surface area contributed by atoms with Crippen molar-refractivity contribution in [2.24, 2.45) is 0 Å². The number of rotatable bonds is 1. The summed E-state index contributed by atoms with van der Waals surface area (Å²) in [4.78, 5) is 24.1. The molecular weight excluding hydrogens is 277 g/mol. The Kier molecular flexibility index (Phi) is 3.05. The summed E-state index contributed by atoms with van der Waals surface area (Å²) in [5.74, 6) is -1.26. The van der Waals surface area contributed by atoms with E-state index in [0.29, 0.717) is 6.42 Å². The van der Waals surface area contributed by atoms with Crippen molar-refractivity contribution in [1.82, 2.24) is 0 Å². The molecule has 16 heavy (non-hydrogen) atoms. The number of hydrogen-bond donors (Lipinski definition) is 0. The quantitative estimate of drug-likeness (QED) is 0.744. The molecule has 0 aromatic heterocycles.